The van der Waals surface area contributed by atoms with Crippen LogP contribution >= 0.6 is 11.6 Å². The van der Waals surface area contributed by atoms with Crippen molar-refractivity contribution in [3.8, 4) is 0 Å². The summed E-state index contributed by atoms with van der Waals surface area (Å²) in [5.74, 6) is -0.198. The third-order valence-electron chi connectivity index (χ3n) is 7.43. The maximum atomic E-state index is 13.9. The first kappa shape index (κ1) is 30.7. The van der Waals surface area contributed by atoms with Crippen LogP contribution in [0.1, 0.15) is 29.2 Å². The molecule has 1 saturated heterocycles. The van der Waals surface area contributed by atoms with Crippen LogP contribution < -0.4 is 9.21 Å². The summed E-state index contributed by atoms with van der Waals surface area (Å²) in [4.78, 5) is 15.0. The van der Waals surface area contributed by atoms with E-state index in [1.807, 2.05) is 4.90 Å². The molecule has 0 N–H and O–H groups in total. The average molecular weight is 644 g/mol. The van der Waals surface area contributed by atoms with Gasteiger partial charge in [-0.3, -0.25) is 9.10 Å². The van der Waals surface area contributed by atoms with Gasteiger partial charge in [0, 0.05) is 37.1 Å². The molecule has 2 aliphatic rings. The Morgan fingerprint density at radius 3 is 2.28 bits per heavy atom. The summed E-state index contributed by atoms with van der Waals surface area (Å²) in [5.41, 5.74) is -1.43. The minimum atomic E-state index is -4.78. The Morgan fingerprint density at radius 1 is 0.884 bits per heavy atom. The molecule has 3 aromatic rings. The summed E-state index contributed by atoms with van der Waals surface area (Å²) >= 11 is 6.07. The van der Waals surface area contributed by atoms with Gasteiger partial charge in [0.2, 0.25) is 5.91 Å². The number of carbonyl (C=O) groups is 1. The van der Waals surface area contributed by atoms with Crippen molar-refractivity contribution in [3.05, 3.63) is 87.9 Å². The van der Waals surface area contributed by atoms with Gasteiger partial charge in [-0.1, -0.05) is 42.0 Å². The summed E-state index contributed by atoms with van der Waals surface area (Å²) in [6, 6.07) is 10.9. The maximum Gasteiger partial charge on any atom is 0.417 e. The Hall–Kier alpha value is -3.71. The van der Waals surface area contributed by atoms with E-state index in [1.54, 1.807) is 17.0 Å². The topological polar surface area (TPSA) is 60.9 Å². The molecule has 2 heterocycles. The second kappa shape index (κ2) is 11.1. The highest BCUT2D eigenvalue weighted by atomic mass is 35.5. The summed E-state index contributed by atoms with van der Waals surface area (Å²) < 4.78 is 110. The number of piperazine rings is 1. The highest BCUT2D eigenvalue weighted by molar-refractivity contribution is 7.92. The Balaban J connectivity index is 1.61. The molecule has 1 fully saturated rings. The fraction of sp³-hybridized carbons (Fsp3) is 0.276. The van der Waals surface area contributed by atoms with E-state index in [0.29, 0.717) is 30.4 Å². The summed E-state index contributed by atoms with van der Waals surface area (Å²) in [6.07, 6.45) is -6.92. The number of amides is 1. The molecule has 228 valence electrons. The molecule has 3 aromatic carbocycles. The van der Waals surface area contributed by atoms with Gasteiger partial charge < -0.3 is 9.80 Å². The monoisotopic (exact) mass is 643 g/mol. The molecule has 14 heteroatoms. The molecular formula is C29H24ClF6N3O3S. The molecule has 0 spiro atoms. The van der Waals surface area contributed by atoms with E-state index in [9.17, 15) is 39.6 Å². The minimum Gasteiger partial charge on any atom is -0.361 e. The van der Waals surface area contributed by atoms with E-state index in [4.69, 9.17) is 11.6 Å². The van der Waals surface area contributed by atoms with Crippen LogP contribution in [0.2, 0.25) is 5.02 Å². The van der Waals surface area contributed by atoms with E-state index < -0.39 is 44.4 Å². The second-order valence-electron chi connectivity index (χ2n) is 10.2. The standard InChI is InChI=1S/C29H24ClF6N3O3S/c1-18(40)37-12-13-38-21(16-37)17-39(43(41,42)22-5-2-4-20(15-22)28(31,32)33)27-14-19(9-11-26(27)38)8-10-23-24(29(34,35)36)6-3-7-25(23)30/h2-11,14-15,21H,12-13,16-17H2,1H3/b10-8+/t21-/m0/s1. The molecular weight excluding hydrogens is 620 g/mol. The largest absolute Gasteiger partial charge is 0.417 e. The van der Waals surface area contributed by atoms with Gasteiger partial charge in [0.1, 0.15) is 0 Å². The SMILES string of the molecule is CC(=O)N1CCN2c3ccc(/C=C/c4c(Cl)cccc4C(F)(F)F)cc3N(S(=O)(=O)c3cccc(C(F)(F)F)c3)C[C@@H]2C1. The Bertz CT molecular complexity index is 1710. The van der Waals surface area contributed by atoms with Crippen LogP contribution in [0.15, 0.2) is 65.6 Å². The Labute approximate surface area is 248 Å². The highest BCUT2D eigenvalue weighted by Gasteiger charge is 2.41. The van der Waals surface area contributed by atoms with Gasteiger partial charge in [0.05, 0.1) is 40.0 Å². The summed E-state index contributed by atoms with van der Waals surface area (Å²) in [5, 5.41) is -0.135. The number of hydrogen-bond acceptors (Lipinski definition) is 4. The number of rotatable bonds is 4. The van der Waals surface area contributed by atoms with Crippen molar-refractivity contribution < 1.29 is 39.6 Å². The van der Waals surface area contributed by atoms with Crippen LogP contribution in [-0.2, 0) is 27.2 Å². The fourth-order valence-corrected chi connectivity index (χ4v) is 7.10. The molecule has 5 rings (SSSR count). The molecule has 1 amide bonds. The van der Waals surface area contributed by atoms with E-state index in [2.05, 4.69) is 0 Å². The van der Waals surface area contributed by atoms with Gasteiger partial charge in [-0.25, -0.2) is 8.42 Å². The van der Waals surface area contributed by atoms with Crippen molar-refractivity contribution in [2.45, 2.75) is 30.2 Å². The fourth-order valence-electron chi connectivity index (χ4n) is 5.31. The molecule has 0 radical (unpaired) electrons. The van der Waals surface area contributed by atoms with Crippen LogP contribution in [0.5, 0.6) is 0 Å². The third-order valence-corrected chi connectivity index (χ3v) is 9.54. The molecule has 43 heavy (non-hydrogen) atoms. The molecule has 1 atom stereocenters. The smallest absolute Gasteiger partial charge is 0.361 e. The van der Waals surface area contributed by atoms with Crippen molar-refractivity contribution in [1.29, 1.82) is 0 Å². The van der Waals surface area contributed by atoms with Gasteiger partial charge in [-0.2, -0.15) is 26.3 Å². The number of alkyl halides is 6. The molecule has 2 aliphatic heterocycles. The maximum absolute atomic E-state index is 13.9. The minimum absolute atomic E-state index is 0.135. The highest BCUT2D eigenvalue weighted by Crippen LogP contribution is 2.42. The summed E-state index contributed by atoms with van der Waals surface area (Å²) in [7, 11) is -4.55. The van der Waals surface area contributed by atoms with Crippen molar-refractivity contribution >= 4 is 51.1 Å². The molecule has 0 aliphatic carbocycles. The molecule has 0 unspecified atom stereocenters. The van der Waals surface area contributed by atoms with E-state index in [1.165, 1.54) is 37.3 Å². The number of fused-ring (bicyclic) bond motifs is 3. The first-order chi connectivity index (χ1) is 20.1. The van der Waals surface area contributed by atoms with Crippen LogP contribution in [0.3, 0.4) is 0 Å². The number of sulfonamides is 1. The lowest BCUT2D eigenvalue weighted by molar-refractivity contribution is -0.138. The van der Waals surface area contributed by atoms with Crippen LogP contribution in [-0.4, -0.2) is 51.4 Å². The molecule has 0 bridgehead atoms. The second-order valence-corrected chi connectivity index (χ2v) is 12.4. The molecule has 0 saturated carbocycles. The summed E-state index contributed by atoms with van der Waals surface area (Å²) in [6.45, 7) is 2.16. The lowest BCUT2D eigenvalue weighted by Gasteiger charge is -2.49. The zero-order valence-corrected chi connectivity index (χ0v) is 24.0. The van der Waals surface area contributed by atoms with Gasteiger partial charge >= 0.3 is 12.4 Å². The predicted octanol–water partition coefficient (Wildman–Crippen LogP) is 6.79. The average Bonchev–Trinajstić information content (AvgIpc) is 2.94. The Kier molecular flexibility index (Phi) is 7.93. The van der Waals surface area contributed by atoms with Crippen molar-refractivity contribution in [1.82, 2.24) is 4.90 Å². The van der Waals surface area contributed by atoms with Crippen LogP contribution in [0.25, 0.3) is 12.2 Å². The van der Waals surface area contributed by atoms with Crippen molar-refractivity contribution in [3.63, 3.8) is 0 Å². The predicted molar refractivity (Wildman–Crippen MR) is 151 cm³/mol. The number of benzene rings is 3. The van der Waals surface area contributed by atoms with E-state index in [0.717, 1.165) is 28.6 Å². The van der Waals surface area contributed by atoms with E-state index >= 15 is 0 Å². The third kappa shape index (κ3) is 6.05. The lowest BCUT2D eigenvalue weighted by Crippen LogP contribution is -2.61. The first-order valence-electron chi connectivity index (χ1n) is 13.0. The Morgan fingerprint density at radius 2 is 1.60 bits per heavy atom. The lowest BCUT2D eigenvalue weighted by atomic mass is 10.0. The number of anilines is 2. The van der Waals surface area contributed by atoms with Gasteiger partial charge in [-0.05, 0) is 48.0 Å². The number of carbonyl (C=O) groups excluding carboxylic acids is 1. The first-order valence-corrected chi connectivity index (χ1v) is 14.8. The van der Waals surface area contributed by atoms with Crippen LogP contribution in [0.4, 0.5) is 37.7 Å². The number of nitrogens with zero attached hydrogens (tertiary/aromatic N) is 3. The van der Waals surface area contributed by atoms with Crippen LogP contribution in [0, 0.1) is 0 Å². The molecule has 0 aromatic heterocycles. The zero-order chi connectivity index (χ0) is 31.3. The van der Waals surface area contributed by atoms with E-state index in [-0.39, 0.29) is 35.3 Å². The normalized spacial score (nSPS) is 17.7. The molecule has 6 nitrogen and oxygen atoms in total. The number of hydrogen-bond donors (Lipinski definition) is 0. The van der Waals surface area contributed by atoms with Gasteiger partial charge in [-0.15, -0.1) is 0 Å². The van der Waals surface area contributed by atoms with Gasteiger partial charge in [0.15, 0.2) is 0 Å². The quantitative estimate of drug-likeness (QED) is 0.232. The van der Waals surface area contributed by atoms with Crippen molar-refractivity contribution in [2.75, 3.05) is 35.4 Å². The van der Waals surface area contributed by atoms with Crippen molar-refractivity contribution in [2.24, 2.45) is 0 Å². The van der Waals surface area contributed by atoms with Gasteiger partial charge in [0.25, 0.3) is 10.0 Å². The number of halogens is 7. The zero-order valence-electron chi connectivity index (χ0n) is 22.5.